The molecule has 0 aliphatic rings. The zero-order valence-electron chi connectivity index (χ0n) is 38.6. The van der Waals surface area contributed by atoms with E-state index in [0.29, 0.717) is 37.2 Å². The van der Waals surface area contributed by atoms with Gasteiger partial charge in [0.15, 0.2) is 23.0 Å². The lowest BCUT2D eigenvalue weighted by Crippen LogP contribution is -2.30. The molecule has 2 atom stereocenters. The third-order valence-corrected chi connectivity index (χ3v) is 12.0. The molecule has 0 saturated carbocycles. The van der Waals surface area contributed by atoms with Crippen LogP contribution in [0.3, 0.4) is 0 Å². The number of phenolic OH excluding ortho intramolecular Hbond substituents is 2. The number of benzene rings is 2. The molecule has 0 bridgehead atoms. The highest BCUT2D eigenvalue weighted by Gasteiger charge is 2.27. The number of unbranched alkanes of at least 4 members (excludes halogenated alkanes) is 24. The number of ether oxygens (including phenoxy) is 4. The van der Waals surface area contributed by atoms with Crippen molar-refractivity contribution in [2.75, 3.05) is 27.4 Å². The zero-order valence-corrected chi connectivity index (χ0v) is 38.6. The first-order valence-corrected chi connectivity index (χ1v) is 24.3. The van der Waals surface area contributed by atoms with Gasteiger partial charge in [0.2, 0.25) is 0 Å². The van der Waals surface area contributed by atoms with Gasteiger partial charge in [-0.1, -0.05) is 180 Å². The van der Waals surface area contributed by atoms with Crippen LogP contribution in [0.25, 0.3) is 0 Å². The predicted octanol–water partition coefficient (Wildman–Crippen LogP) is 14.2. The van der Waals surface area contributed by atoms with Crippen molar-refractivity contribution in [3.05, 3.63) is 47.5 Å². The number of carbonyl (C=O) groups is 2. The molecule has 0 saturated heterocycles. The first kappa shape index (κ1) is 52.7. The van der Waals surface area contributed by atoms with Gasteiger partial charge >= 0.3 is 11.9 Å². The summed E-state index contributed by atoms with van der Waals surface area (Å²) in [4.78, 5) is 26.2. The summed E-state index contributed by atoms with van der Waals surface area (Å²) in [5.41, 5.74) is 1.82. The molecule has 0 spiro atoms. The highest BCUT2D eigenvalue weighted by Crippen LogP contribution is 2.32. The average Bonchev–Trinajstić information content (AvgIpc) is 3.25. The number of hydrogen-bond acceptors (Lipinski definition) is 8. The molecular formula is C52H86O8. The van der Waals surface area contributed by atoms with Crippen LogP contribution in [0, 0.1) is 11.8 Å². The van der Waals surface area contributed by atoms with Gasteiger partial charge in [0.05, 0.1) is 27.4 Å². The van der Waals surface area contributed by atoms with E-state index in [-0.39, 0.29) is 48.5 Å². The Hall–Kier alpha value is -3.42. The summed E-state index contributed by atoms with van der Waals surface area (Å²) in [6.07, 6.45) is 34.2. The topological polar surface area (TPSA) is 112 Å². The molecule has 2 N–H and O–H groups in total. The van der Waals surface area contributed by atoms with Crippen molar-refractivity contribution < 1.29 is 38.7 Å². The van der Waals surface area contributed by atoms with Gasteiger partial charge in [-0.25, -0.2) is 0 Å². The van der Waals surface area contributed by atoms with Crippen molar-refractivity contribution in [3.8, 4) is 23.0 Å². The molecule has 0 radical (unpaired) electrons. The normalized spacial score (nSPS) is 12.3. The monoisotopic (exact) mass is 839 g/mol. The SMILES string of the molecule is CCCCCCCCCCCCCCCC(=O)OCC(Cc1ccc(O)c(OC)c1)C(COC(=O)CCCCCCCCCCCCCCC)Cc1ccc(O)c(OC)c1. The second kappa shape index (κ2) is 35.2. The van der Waals surface area contributed by atoms with Crippen LogP contribution >= 0.6 is 0 Å². The van der Waals surface area contributed by atoms with Crippen molar-refractivity contribution in [2.45, 2.75) is 206 Å². The molecule has 0 amide bonds. The minimum atomic E-state index is -0.212. The van der Waals surface area contributed by atoms with Crippen molar-refractivity contribution in [2.24, 2.45) is 11.8 Å². The van der Waals surface area contributed by atoms with Crippen LogP contribution in [-0.2, 0) is 31.9 Å². The van der Waals surface area contributed by atoms with Crippen LogP contribution in [0.4, 0.5) is 0 Å². The van der Waals surface area contributed by atoms with E-state index in [1.807, 2.05) is 12.1 Å². The fraction of sp³-hybridized carbons (Fsp3) is 0.731. The Kier molecular flexibility index (Phi) is 30.9. The van der Waals surface area contributed by atoms with Gasteiger partial charge in [-0.05, 0) is 61.1 Å². The van der Waals surface area contributed by atoms with E-state index in [9.17, 15) is 19.8 Å². The van der Waals surface area contributed by atoms with Crippen LogP contribution in [0.15, 0.2) is 36.4 Å². The van der Waals surface area contributed by atoms with E-state index in [4.69, 9.17) is 18.9 Å². The molecule has 8 heteroatoms. The maximum absolute atomic E-state index is 13.1. The van der Waals surface area contributed by atoms with Gasteiger partial charge in [0.1, 0.15) is 0 Å². The maximum atomic E-state index is 13.1. The summed E-state index contributed by atoms with van der Waals surface area (Å²) in [6, 6.07) is 10.5. The molecule has 2 rings (SSSR count). The molecule has 0 aliphatic heterocycles. The lowest BCUT2D eigenvalue weighted by Gasteiger charge is -2.27. The summed E-state index contributed by atoms with van der Waals surface area (Å²) in [6.45, 7) is 4.85. The second-order valence-corrected chi connectivity index (χ2v) is 17.3. The van der Waals surface area contributed by atoms with Crippen LogP contribution in [-0.4, -0.2) is 49.6 Å². The van der Waals surface area contributed by atoms with Crippen LogP contribution < -0.4 is 9.47 Å². The third-order valence-electron chi connectivity index (χ3n) is 12.0. The number of rotatable bonds is 39. The largest absolute Gasteiger partial charge is 0.504 e. The van der Waals surface area contributed by atoms with Crippen molar-refractivity contribution >= 4 is 11.9 Å². The Morgan fingerprint density at radius 3 is 1.02 bits per heavy atom. The molecule has 60 heavy (non-hydrogen) atoms. The standard InChI is InChI=1S/C52H86O8/c1-5-7-9-11-13-15-17-19-21-23-25-27-29-31-51(55)59-41-45(37-43-33-35-47(53)49(39-43)57-3)46(38-44-34-36-48(54)50(40-44)58-4)42-60-52(56)32-30-28-26-24-22-20-18-16-14-12-10-8-6-2/h33-36,39-40,45-46,53-54H,5-32,37-38,41-42H2,1-4H3. The number of methoxy groups -OCH3 is 2. The fourth-order valence-corrected chi connectivity index (χ4v) is 8.15. The fourth-order valence-electron chi connectivity index (χ4n) is 8.15. The Labute approximate surface area is 365 Å². The number of hydrogen-bond donors (Lipinski definition) is 2. The summed E-state index contributed by atoms with van der Waals surface area (Å²) in [7, 11) is 3.04. The predicted molar refractivity (Wildman–Crippen MR) is 246 cm³/mol. The number of carbonyl (C=O) groups excluding carboxylic acids is 2. The van der Waals surface area contributed by atoms with E-state index in [1.54, 1.807) is 24.3 Å². The van der Waals surface area contributed by atoms with Crippen molar-refractivity contribution in [1.82, 2.24) is 0 Å². The molecule has 0 aliphatic carbocycles. The molecular weight excluding hydrogens is 753 g/mol. The molecule has 342 valence electrons. The summed E-state index contributed by atoms with van der Waals surface area (Å²) in [5, 5.41) is 20.6. The van der Waals surface area contributed by atoms with Gasteiger partial charge in [0, 0.05) is 24.7 Å². The summed E-state index contributed by atoms with van der Waals surface area (Å²) < 4.78 is 22.8. The first-order valence-electron chi connectivity index (χ1n) is 24.3. The van der Waals surface area contributed by atoms with E-state index in [1.165, 1.54) is 143 Å². The van der Waals surface area contributed by atoms with Crippen LogP contribution in [0.5, 0.6) is 23.0 Å². The summed E-state index contributed by atoms with van der Waals surface area (Å²) >= 11 is 0. The van der Waals surface area contributed by atoms with Gasteiger partial charge in [-0.15, -0.1) is 0 Å². The average molecular weight is 839 g/mol. The highest BCUT2D eigenvalue weighted by molar-refractivity contribution is 5.69. The quantitative estimate of drug-likeness (QED) is 0.0506. The Balaban J connectivity index is 1.95. The van der Waals surface area contributed by atoms with E-state index < -0.39 is 0 Å². The minimum Gasteiger partial charge on any atom is -0.504 e. The maximum Gasteiger partial charge on any atom is 0.305 e. The molecule has 2 aromatic rings. The van der Waals surface area contributed by atoms with Gasteiger partial charge in [-0.3, -0.25) is 9.59 Å². The number of phenols is 2. The van der Waals surface area contributed by atoms with E-state index >= 15 is 0 Å². The van der Waals surface area contributed by atoms with E-state index in [0.717, 1.165) is 49.7 Å². The Morgan fingerprint density at radius 1 is 0.450 bits per heavy atom. The minimum absolute atomic E-state index is 0.0527. The van der Waals surface area contributed by atoms with Crippen LogP contribution in [0.2, 0.25) is 0 Å². The molecule has 2 aromatic carbocycles. The van der Waals surface area contributed by atoms with Crippen molar-refractivity contribution in [3.63, 3.8) is 0 Å². The summed E-state index contributed by atoms with van der Waals surface area (Å²) in [5.74, 6) is 0.00217. The Morgan fingerprint density at radius 2 is 0.733 bits per heavy atom. The number of esters is 2. The van der Waals surface area contributed by atoms with Gasteiger partial charge in [0.25, 0.3) is 0 Å². The molecule has 0 aromatic heterocycles. The molecule has 0 heterocycles. The number of aromatic hydroxyl groups is 2. The zero-order chi connectivity index (χ0) is 43.5. The lowest BCUT2D eigenvalue weighted by atomic mass is 9.83. The second-order valence-electron chi connectivity index (χ2n) is 17.3. The van der Waals surface area contributed by atoms with Crippen LogP contribution in [0.1, 0.15) is 205 Å². The first-order chi connectivity index (χ1) is 29.3. The van der Waals surface area contributed by atoms with Gasteiger partial charge < -0.3 is 29.2 Å². The Bertz CT molecular complexity index is 1270. The lowest BCUT2D eigenvalue weighted by molar-refractivity contribution is -0.149. The highest BCUT2D eigenvalue weighted by atomic mass is 16.5. The third kappa shape index (κ3) is 25.4. The van der Waals surface area contributed by atoms with Gasteiger partial charge in [-0.2, -0.15) is 0 Å². The molecule has 0 fully saturated rings. The van der Waals surface area contributed by atoms with E-state index in [2.05, 4.69) is 13.8 Å². The molecule has 2 unspecified atom stereocenters. The molecule has 8 nitrogen and oxygen atoms in total. The smallest absolute Gasteiger partial charge is 0.305 e. The van der Waals surface area contributed by atoms with Crippen molar-refractivity contribution in [1.29, 1.82) is 0 Å².